The maximum Gasteiger partial charge on any atom is 0.418 e. The number of rotatable bonds is 12. The van der Waals surface area contributed by atoms with Crippen molar-refractivity contribution in [2.45, 2.75) is 76.9 Å². The minimum absolute atomic E-state index is 0.196. The van der Waals surface area contributed by atoms with Gasteiger partial charge in [-0.25, -0.2) is 4.98 Å². The van der Waals surface area contributed by atoms with Crippen LogP contribution in [0.4, 0.5) is 13.2 Å². The van der Waals surface area contributed by atoms with E-state index in [2.05, 4.69) is 17.2 Å². The maximum atomic E-state index is 13.0. The lowest BCUT2D eigenvalue weighted by atomic mass is 10.0. The summed E-state index contributed by atoms with van der Waals surface area (Å²) in [7, 11) is 0. The van der Waals surface area contributed by atoms with Crippen LogP contribution in [-0.2, 0) is 17.5 Å². The number of fused-ring (bicyclic) bond motifs is 1. The summed E-state index contributed by atoms with van der Waals surface area (Å²) in [4.78, 5) is 14.6. The zero-order valence-corrected chi connectivity index (χ0v) is 20.8. The lowest BCUT2D eigenvalue weighted by Crippen LogP contribution is -2.19. The number of hydrogen-bond acceptors (Lipinski definition) is 4. The van der Waals surface area contributed by atoms with Crippen molar-refractivity contribution in [1.29, 1.82) is 0 Å². The molecule has 0 fully saturated rings. The van der Waals surface area contributed by atoms with Crippen LogP contribution in [0.5, 0.6) is 5.88 Å². The van der Waals surface area contributed by atoms with Gasteiger partial charge in [-0.15, -0.1) is 0 Å². The summed E-state index contributed by atoms with van der Waals surface area (Å²) < 4.78 is 44.1. The summed E-state index contributed by atoms with van der Waals surface area (Å²) in [5.74, 6) is -0.958. The quantitative estimate of drug-likeness (QED) is 0.292. The fourth-order valence-electron chi connectivity index (χ4n) is 3.89. The van der Waals surface area contributed by atoms with Crippen LogP contribution in [-0.4, -0.2) is 29.2 Å². The van der Waals surface area contributed by atoms with Gasteiger partial charge in [0, 0.05) is 18.3 Å². The minimum Gasteiger partial charge on any atom is -0.481 e. The van der Waals surface area contributed by atoms with Gasteiger partial charge < -0.3 is 15.2 Å². The Kier molecular flexibility index (Phi) is 12.3. The molecule has 0 spiro atoms. The molecule has 0 aliphatic carbocycles. The minimum atomic E-state index is -4.41. The third kappa shape index (κ3) is 9.68. The molecule has 1 aliphatic heterocycles. The highest BCUT2D eigenvalue weighted by Gasteiger charge is 2.35. The Morgan fingerprint density at radius 2 is 1.80 bits per heavy atom. The monoisotopic (exact) mass is 514 g/mol. The second-order valence-corrected chi connectivity index (χ2v) is 8.93. The normalized spacial score (nSPS) is 14.6. The standard InChI is InChI=1S/C18H27ClF3N.C8H7NO3/c1-2-3-4-5-6-7-8-9-13-23-14-15-11-10-12-16(19)17(15)18(20,21)22;10-8(11)6-4-12-7-5(6)2-1-3-9-7/h10-12,23H,2-9,13-14H2,1H3;1-3,6H,4H2,(H,10,11). The summed E-state index contributed by atoms with van der Waals surface area (Å²) in [6, 6.07) is 7.77. The van der Waals surface area contributed by atoms with Gasteiger partial charge in [-0.1, -0.05) is 81.7 Å². The molecule has 1 aliphatic rings. The highest BCUT2D eigenvalue weighted by Crippen LogP contribution is 2.37. The van der Waals surface area contributed by atoms with Crippen LogP contribution in [0.15, 0.2) is 36.5 Å². The number of alkyl halides is 3. The Labute approximate surface area is 210 Å². The third-order valence-corrected chi connectivity index (χ3v) is 6.08. The summed E-state index contributed by atoms with van der Waals surface area (Å²) in [6.07, 6.45) is 6.93. The number of benzene rings is 1. The van der Waals surface area contributed by atoms with Gasteiger partial charge in [0.2, 0.25) is 5.88 Å². The van der Waals surface area contributed by atoms with E-state index in [9.17, 15) is 18.0 Å². The molecule has 0 saturated heterocycles. The van der Waals surface area contributed by atoms with E-state index in [1.165, 1.54) is 50.7 Å². The summed E-state index contributed by atoms with van der Waals surface area (Å²) in [5.41, 5.74) is 0.166. The van der Waals surface area contributed by atoms with Crippen molar-refractivity contribution in [2.75, 3.05) is 13.2 Å². The number of unbranched alkanes of at least 4 members (excludes halogenated alkanes) is 7. The van der Waals surface area contributed by atoms with E-state index in [1.54, 1.807) is 24.4 Å². The molecule has 1 atom stereocenters. The molecule has 0 saturated carbocycles. The molecule has 35 heavy (non-hydrogen) atoms. The van der Waals surface area contributed by atoms with Gasteiger partial charge in [-0.05, 0) is 30.7 Å². The molecule has 1 aromatic carbocycles. The lowest BCUT2D eigenvalue weighted by molar-refractivity contribution is -0.139. The van der Waals surface area contributed by atoms with E-state index < -0.39 is 23.6 Å². The number of aromatic nitrogens is 1. The topological polar surface area (TPSA) is 71.5 Å². The number of halogens is 4. The molecule has 3 rings (SSSR count). The van der Waals surface area contributed by atoms with Crippen molar-refractivity contribution in [3.05, 3.63) is 58.2 Å². The fourth-order valence-corrected chi connectivity index (χ4v) is 4.19. The van der Waals surface area contributed by atoms with Gasteiger partial charge in [0.1, 0.15) is 12.5 Å². The maximum absolute atomic E-state index is 13.0. The summed E-state index contributed by atoms with van der Waals surface area (Å²) >= 11 is 5.70. The van der Waals surface area contributed by atoms with E-state index in [0.717, 1.165) is 19.4 Å². The number of hydrogen-bond donors (Lipinski definition) is 2. The van der Waals surface area contributed by atoms with E-state index in [0.29, 0.717) is 11.4 Å². The number of carboxylic acid groups (broad SMARTS) is 1. The van der Waals surface area contributed by atoms with Crippen LogP contribution in [0.3, 0.4) is 0 Å². The first-order valence-electron chi connectivity index (χ1n) is 12.1. The molecule has 9 heteroatoms. The van der Waals surface area contributed by atoms with Crippen molar-refractivity contribution < 1.29 is 27.8 Å². The zero-order valence-electron chi connectivity index (χ0n) is 20.0. The third-order valence-electron chi connectivity index (χ3n) is 5.77. The molecule has 2 N–H and O–H groups in total. The highest BCUT2D eigenvalue weighted by atomic mass is 35.5. The Balaban J connectivity index is 0.000000298. The predicted octanol–water partition coefficient (Wildman–Crippen LogP) is 7.23. The molecular formula is C26H34ClF3N2O3. The summed E-state index contributed by atoms with van der Waals surface area (Å²) in [5, 5.41) is 11.6. The Morgan fingerprint density at radius 1 is 1.11 bits per heavy atom. The van der Waals surface area contributed by atoms with Crippen LogP contribution in [0.25, 0.3) is 0 Å². The second kappa shape index (κ2) is 14.9. The second-order valence-electron chi connectivity index (χ2n) is 8.52. The number of pyridine rings is 1. The van der Waals surface area contributed by atoms with Gasteiger partial charge in [0.25, 0.3) is 0 Å². The number of carbonyl (C=O) groups is 1. The van der Waals surface area contributed by atoms with Crippen LogP contribution in [0.1, 0.15) is 80.9 Å². The molecule has 5 nitrogen and oxygen atoms in total. The lowest BCUT2D eigenvalue weighted by Gasteiger charge is -2.15. The van der Waals surface area contributed by atoms with Gasteiger partial charge in [0.15, 0.2) is 0 Å². The van der Waals surface area contributed by atoms with Crippen molar-refractivity contribution in [1.82, 2.24) is 10.3 Å². The molecule has 2 aromatic rings. The van der Waals surface area contributed by atoms with Crippen molar-refractivity contribution in [3.8, 4) is 5.88 Å². The largest absolute Gasteiger partial charge is 0.481 e. The average Bonchev–Trinajstić information content (AvgIpc) is 3.24. The molecule has 0 radical (unpaired) electrons. The van der Waals surface area contributed by atoms with Crippen LogP contribution in [0, 0.1) is 0 Å². The summed E-state index contributed by atoms with van der Waals surface area (Å²) in [6.45, 7) is 3.34. The SMILES string of the molecule is CCCCCCCCCCNCc1cccc(Cl)c1C(F)(F)F.O=C(O)C1COc2ncccc21. The van der Waals surface area contributed by atoms with Crippen molar-refractivity contribution >= 4 is 17.6 Å². The molecule has 0 bridgehead atoms. The number of nitrogens with one attached hydrogen (secondary N) is 1. The number of nitrogens with zero attached hydrogens (tertiary/aromatic N) is 1. The Morgan fingerprint density at radius 3 is 2.46 bits per heavy atom. The molecule has 2 heterocycles. The average molecular weight is 515 g/mol. The first kappa shape index (κ1) is 28.9. The van der Waals surface area contributed by atoms with E-state index in [4.69, 9.17) is 21.4 Å². The Bertz CT molecular complexity index is 925. The zero-order chi connectivity index (χ0) is 25.7. The van der Waals surface area contributed by atoms with E-state index in [-0.39, 0.29) is 23.7 Å². The molecule has 1 unspecified atom stereocenters. The predicted molar refractivity (Wildman–Crippen MR) is 131 cm³/mol. The number of carboxylic acids is 1. The van der Waals surface area contributed by atoms with Crippen molar-refractivity contribution in [3.63, 3.8) is 0 Å². The molecule has 0 amide bonds. The first-order valence-corrected chi connectivity index (χ1v) is 12.5. The van der Waals surface area contributed by atoms with Gasteiger partial charge in [-0.3, -0.25) is 4.79 Å². The number of aliphatic carboxylic acids is 1. The van der Waals surface area contributed by atoms with E-state index in [1.807, 2.05) is 0 Å². The van der Waals surface area contributed by atoms with Crippen LogP contribution < -0.4 is 10.1 Å². The Hall–Kier alpha value is -2.32. The molecule has 194 valence electrons. The molecule has 1 aromatic heterocycles. The number of ether oxygens (including phenoxy) is 1. The molecular weight excluding hydrogens is 481 g/mol. The van der Waals surface area contributed by atoms with Crippen molar-refractivity contribution in [2.24, 2.45) is 0 Å². The first-order chi connectivity index (χ1) is 16.8. The van der Waals surface area contributed by atoms with Gasteiger partial charge in [-0.2, -0.15) is 13.2 Å². The van der Waals surface area contributed by atoms with Gasteiger partial charge in [0.05, 0.1) is 10.6 Å². The van der Waals surface area contributed by atoms with Gasteiger partial charge >= 0.3 is 12.1 Å². The smallest absolute Gasteiger partial charge is 0.418 e. The fraction of sp³-hybridized carbons (Fsp3) is 0.538. The highest BCUT2D eigenvalue weighted by molar-refractivity contribution is 6.31. The van der Waals surface area contributed by atoms with E-state index >= 15 is 0 Å². The van der Waals surface area contributed by atoms with Crippen LogP contribution in [0.2, 0.25) is 5.02 Å². The van der Waals surface area contributed by atoms with Crippen LogP contribution >= 0.6 is 11.6 Å².